The van der Waals surface area contributed by atoms with E-state index in [2.05, 4.69) is 15.5 Å². The molecule has 188 valence electrons. The van der Waals surface area contributed by atoms with Crippen LogP contribution in [0.3, 0.4) is 0 Å². The van der Waals surface area contributed by atoms with E-state index in [0.717, 1.165) is 49.9 Å². The van der Waals surface area contributed by atoms with Crippen molar-refractivity contribution in [1.82, 2.24) is 4.90 Å². The molecule has 1 fully saturated rings. The van der Waals surface area contributed by atoms with Crippen LogP contribution < -0.4 is 16.4 Å². The zero-order chi connectivity index (χ0) is 25.3. The lowest BCUT2D eigenvalue weighted by molar-refractivity contribution is 0.0997. The van der Waals surface area contributed by atoms with Crippen LogP contribution in [-0.4, -0.2) is 36.3 Å². The lowest BCUT2D eigenvalue weighted by Crippen LogP contribution is -2.33. The van der Waals surface area contributed by atoms with Gasteiger partial charge in [-0.25, -0.2) is 0 Å². The largest absolute Gasteiger partial charge is 0.385 e. The molecule has 1 aliphatic heterocycles. The first-order valence-electron chi connectivity index (χ1n) is 12.5. The van der Waals surface area contributed by atoms with E-state index in [0.29, 0.717) is 16.1 Å². The van der Waals surface area contributed by atoms with E-state index in [9.17, 15) is 9.59 Å². The summed E-state index contributed by atoms with van der Waals surface area (Å²) in [5.41, 5.74) is 9.45. The van der Waals surface area contributed by atoms with E-state index >= 15 is 0 Å². The zero-order valence-corrected chi connectivity index (χ0v) is 21.1. The standard InChI is InChI=1S/C29H33ClN4O2/c30-25-9-13-27(14-10-25)33-29(36)24-7-11-26(12-8-24)32-17-1-2-21-15-18-34(19-16-21)20-22-3-5-23(6-4-22)28(31)35/h3-14,21,32H,1-2,15-20H2,(H2,31,35)(H,33,36). The number of hydrogen-bond donors (Lipinski definition) is 3. The van der Waals surface area contributed by atoms with Crippen LogP contribution in [-0.2, 0) is 6.54 Å². The molecule has 0 bridgehead atoms. The Morgan fingerprint density at radius 1 is 0.861 bits per heavy atom. The molecule has 3 aromatic carbocycles. The number of nitrogens with one attached hydrogen (secondary N) is 2. The summed E-state index contributed by atoms with van der Waals surface area (Å²) in [6.07, 6.45) is 4.78. The molecule has 3 aromatic rings. The number of nitrogens with zero attached hydrogens (tertiary/aromatic N) is 1. The number of anilines is 2. The molecule has 36 heavy (non-hydrogen) atoms. The minimum atomic E-state index is -0.383. The van der Waals surface area contributed by atoms with Crippen LogP contribution in [0.4, 0.5) is 11.4 Å². The number of nitrogens with two attached hydrogens (primary N) is 1. The van der Waals surface area contributed by atoms with Crippen LogP contribution in [0.15, 0.2) is 72.8 Å². The second kappa shape index (κ2) is 12.6. The molecular weight excluding hydrogens is 472 g/mol. The number of carbonyl (C=O) groups excluding carboxylic acids is 2. The Morgan fingerprint density at radius 2 is 1.47 bits per heavy atom. The smallest absolute Gasteiger partial charge is 0.255 e. The Morgan fingerprint density at radius 3 is 2.11 bits per heavy atom. The molecule has 1 aliphatic rings. The summed E-state index contributed by atoms with van der Waals surface area (Å²) in [6, 6.07) is 22.3. The number of benzene rings is 3. The van der Waals surface area contributed by atoms with Crippen molar-refractivity contribution in [2.75, 3.05) is 30.3 Å². The minimum absolute atomic E-state index is 0.141. The van der Waals surface area contributed by atoms with E-state index in [1.807, 2.05) is 36.4 Å². The maximum absolute atomic E-state index is 12.4. The number of carbonyl (C=O) groups is 2. The number of piperidine rings is 1. The first kappa shape index (κ1) is 25.7. The summed E-state index contributed by atoms with van der Waals surface area (Å²) in [4.78, 5) is 26.1. The van der Waals surface area contributed by atoms with Crippen molar-refractivity contribution in [2.24, 2.45) is 11.7 Å². The molecule has 1 heterocycles. The highest BCUT2D eigenvalue weighted by atomic mass is 35.5. The van der Waals surface area contributed by atoms with Gasteiger partial charge in [0.05, 0.1) is 0 Å². The van der Waals surface area contributed by atoms with Gasteiger partial charge in [0, 0.05) is 40.6 Å². The number of hydrogen-bond acceptors (Lipinski definition) is 4. The van der Waals surface area contributed by atoms with Crippen LogP contribution in [0.25, 0.3) is 0 Å². The van der Waals surface area contributed by atoms with Gasteiger partial charge < -0.3 is 16.4 Å². The number of likely N-dealkylation sites (tertiary alicyclic amines) is 1. The third kappa shape index (κ3) is 7.57. The van der Waals surface area contributed by atoms with Crippen molar-refractivity contribution >= 4 is 34.8 Å². The first-order chi connectivity index (χ1) is 17.5. The van der Waals surface area contributed by atoms with Crippen molar-refractivity contribution < 1.29 is 9.59 Å². The topological polar surface area (TPSA) is 87.5 Å². The van der Waals surface area contributed by atoms with Gasteiger partial charge in [-0.1, -0.05) is 23.7 Å². The average Bonchev–Trinajstić information content (AvgIpc) is 2.89. The molecule has 1 saturated heterocycles. The molecule has 6 nitrogen and oxygen atoms in total. The molecular formula is C29H33ClN4O2. The molecule has 4 N–H and O–H groups in total. The minimum Gasteiger partial charge on any atom is -0.385 e. The van der Waals surface area contributed by atoms with E-state index in [1.54, 1.807) is 36.4 Å². The molecule has 0 aromatic heterocycles. The fourth-order valence-corrected chi connectivity index (χ4v) is 4.69. The quantitative estimate of drug-likeness (QED) is 0.305. The zero-order valence-electron chi connectivity index (χ0n) is 20.4. The van der Waals surface area contributed by atoms with Crippen molar-refractivity contribution in [3.8, 4) is 0 Å². The van der Waals surface area contributed by atoms with E-state index in [1.165, 1.54) is 24.8 Å². The molecule has 0 saturated carbocycles. The monoisotopic (exact) mass is 504 g/mol. The fourth-order valence-electron chi connectivity index (χ4n) is 4.57. The molecule has 0 aliphatic carbocycles. The molecule has 2 amide bonds. The Bertz CT molecular complexity index is 1140. The van der Waals surface area contributed by atoms with Gasteiger partial charge in [-0.2, -0.15) is 0 Å². The van der Waals surface area contributed by atoms with Crippen molar-refractivity contribution in [2.45, 2.75) is 32.2 Å². The van der Waals surface area contributed by atoms with E-state index in [-0.39, 0.29) is 11.8 Å². The van der Waals surface area contributed by atoms with Crippen LogP contribution in [0.5, 0.6) is 0 Å². The highest BCUT2D eigenvalue weighted by molar-refractivity contribution is 6.30. The van der Waals surface area contributed by atoms with Crippen LogP contribution in [0, 0.1) is 5.92 Å². The average molecular weight is 505 g/mol. The van der Waals surface area contributed by atoms with Gasteiger partial charge in [-0.05, 0) is 111 Å². The van der Waals surface area contributed by atoms with Gasteiger partial charge >= 0.3 is 0 Å². The lowest BCUT2D eigenvalue weighted by atomic mass is 9.92. The van der Waals surface area contributed by atoms with Crippen molar-refractivity contribution in [3.05, 3.63) is 94.5 Å². The van der Waals surface area contributed by atoms with Gasteiger partial charge in [-0.15, -0.1) is 0 Å². The maximum Gasteiger partial charge on any atom is 0.255 e. The van der Waals surface area contributed by atoms with Crippen LogP contribution >= 0.6 is 11.6 Å². The van der Waals surface area contributed by atoms with E-state index in [4.69, 9.17) is 17.3 Å². The van der Waals surface area contributed by atoms with Gasteiger partial charge in [0.2, 0.25) is 5.91 Å². The summed E-state index contributed by atoms with van der Waals surface area (Å²) in [7, 11) is 0. The molecule has 0 radical (unpaired) electrons. The Kier molecular flexibility index (Phi) is 8.98. The lowest BCUT2D eigenvalue weighted by Gasteiger charge is -2.32. The molecule has 7 heteroatoms. The highest BCUT2D eigenvalue weighted by Crippen LogP contribution is 2.23. The van der Waals surface area contributed by atoms with E-state index < -0.39 is 0 Å². The predicted molar refractivity (Wildman–Crippen MR) is 147 cm³/mol. The third-order valence-electron chi connectivity index (χ3n) is 6.72. The molecule has 0 unspecified atom stereocenters. The summed E-state index contributed by atoms with van der Waals surface area (Å²) in [6.45, 7) is 4.05. The van der Waals surface area contributed by atoms with Gasteiger partial charge in [0.1, 0.15) is 0 Å². The summed E-state index contributed by atoms with van der Waals surface area (Å²) in [5, 5.41) is 6.99. The molecule has 0 atom stereocenters. The Hall–Kier alpha value is -3.35. The van der Waals surface area contributed by atoms with Gasteiger partial charge in [0.15, 0.2) is 0 Å². The second-order valence-corrected chi connectivity index (χ2v) is 9.82. The number of primary amides is 1. The molecule has 0 spiro atoms. The number of amides is 2. The van der Waals surface area contributed by atoms with Gasteiger partial charge in [-0.3, -0.25) is 14.5 Å². The number of halogens is 1. The summed E-state index contributed by atoms with van der Waals surface area (Å²) in [5.74, 6) is 0.239. The fraction of sp³-hybridized carbons (Fsp3) is 0.310. The van der Waals surface area contributed by atoms with Crippen molar-refractivity contribution in [1.29, 1.82) is 0 Å². The normalized spacial score (nSPS) is 14.4. The second-order valence-electron chi connectivity index (χ2n) is 9.39. The van der Waals surface area contributed by atoms with Gasteiger partial charge in [0.25, 0.3) is 5.91 Å². The van der Waals surface area contributed by atoms with Crippen LogP contribution in [0.2, 0.25) is 5.02 Å². The Balaban J connectivity index is 1.12. The Labute approximate surface area is 217 Å². The molecule has 4 rings (SSSR count). The van der Waals surface area contributed by atoms with Crippen LogP contribution in [0.1, 0.15) is 52.0 Å². The highest BCUT2D eigenvalue weighted by Gasteiger charge is 2.19. The summed E-state index contributed by atoms with van der Waals surface area (Å²) >= 11 is 5.89. The first-order valence-corrected chi connectivity index (χ1v) is 12.9. The number of rotatable bonds is 10. The third-order valence-corrected chi connectivity index (χ3v) is 6.97. The summed E-state index contributed by atoms with van der Waals surface area (Å²) < 4.78 is 0. The SMILES string of the molecule is NC(=O)c1ccc(CN2CCC(CCCNc3ccc(C(=O)Nc4ccc(Cl)cc4)cc3)CC2)cc1. The predicted octanol–water partition coefficient (Wildman–Crippen LogP) is 5.80. The van der Waals surface area contributed by atoms with Crippen molar-refractivity contribution in [3.63, 3.8) is 0 Å². The maximum atomic E-state index is 12.4.